The van der Waals surface area contributed by atoms with Gasteiger partial charge in [0.25, 0.3) is 10.0 Å². The van der Waals surface area contributed by atoms with Crippen molar-refractivity contribution in [3.8, 4) is 0 Å². The second kappa shape index (κ2) is 13.5. The molecule has 3 rings (SSSR count). The number of carbonyl (C=O) groups is 2. The number of aryl methyl sites for hydroxylation is 2. The van der Waals surface area contributed by atoms with Gasteiger partial charge in [-0.3, -0.25) is 13.9 Å². The third kappa shape index (κ3) is 7.77. The van der Waals surface area contributed by atoms with Gasteiger partial charge >= 0.3 is 0 Å². The SMILES string of the molecule is CC[C@H](C)NC(=O)[C@@H](C)N(Cc1ccc(Cl)cc1Cl)C(=O)CN(c1ccc(C)cc1)S(=O)(=O)c1ccc(C)cc1. The number of hydrogen-bond donors (Lipinski definition) is 1. The summed E-state index contributed by atoms with van der Waals surface area (Å²) in [6.07, 6.45) is 0.714. The third-order valence-electron chi connectivity index (χ3n) is 6.73. The minimum Gasteiger partial charge on any atom is -0.352 e. The summed E-state index contributed by atoms with van der Waals surface area (Å²) in [6.45, 7) is 8.65. The topological polar surface area (TPSA) is 86.8 Å². The smallest absolute Gasteiger partial charge is 0.264 e. The molecule has 0 saturated heterocycles. The third-order valence-corrected chi connectivity index (χ3v) is 9.11. The molecule has 40 heavy (non-hydrogen) atoms. The Morgan fingerprint density at radius 1 is 0.900 bits per heavy atom. The van der Waals surface area contributed by atoms with Crippen molar-refractivity contribution in [3.05, 3.63) is 93.5 Å². The largest absolute Gasteiger partial charge is 0.352 e. The maximum Gasteiger partial charge on any atom is 0.264 e. The number of hydrogen-bond acceptors (Lipinski definition) is 4. The van der Waals surface area contributed by atoms with Crippen molar-refractivity contribution in [2.45, 2.75) is 64.6 Å². The maximum atomic E-state index is 14.0. The van der Waals surface area contributed by atoms with Crippen molar-refractivity contribution in [3.63, 3.8) is 0 Å². The number of rotatable bonds is 11. The zero-order chi connectivity index (χ0) is 29.6. The number of carbonyl (C=O) groups excluding carboxylic acids is 2. The van der Waals surface area contributed by atoms with E-state index in [1.165, 1.54) is 17.0 Å². The summed E-state index contributed by atoms with van der Waals surface area (Å²) in [5.74, 6) is -0.912. The highest BCUT2D eigenvalue weighted by Crippen LogP contribution is 2.27. The Bertz CT molecular complexity index is 1440. The second-order valence-electron chi connectivity index (χ2n) is 9.91. The molecule has 1 N–H and O–H groups in total. The van der Waals surface area contributed by atoms with Crippen LogP contribution in [0.15, 0.2) is 71.6 Å². The molecule has 0 fully saturated rings. The quantitative estimate of drug-likeness (QED) is 0.285. The van der Waals surface area contributed by atoms with Crippen LogP contribution in [0.4, 0.5) is 5.69 Å². The molecule has 0 aliphatic carbocycles. The average molecular weight is 605 g/mol. The van der Waals surface area contributed by atoms with Crippen molar-refractivity contribution >= 4 is 50.7 Å². The molecule has 3 aromatic rings. The predicted octanol–water partition coefficient (Wildman–Crippen LogP) is 6.14. The fourth-order valence-corrected chi connectivity index (χ4v) is 5.84. The summed E-state index contributed by atoms with van der Waals surface area (Å²) in [6, 6.07) is 17.2. The number of amides is 2. The average Bonchev–Trinajstić information content (AvgIpc) is 2.91. The van der Waals surface area contributed by atoms with E-state index in [0.29, 0.717) is 27.7 Å². The molecule has 10 heteroatoms. The van der Waals surface area contributed by atoms with Gasteiger partial charge in [0.1, 0.15) is 12.6 Å². The Morgan fingerprint density at radius 2 is 1.48 bits per heavy atom. The Labute approximate surface area is 247 Å². The van der Waals surface area contributed by atoms with Crippen LogP contribution in [0.5, 0.6) is 0 Å². The maximum absolute atomic E-state index is 14.0. The van der Waals surface area contributed by atoms with E-state index in [1.807, 2.05) is 27.7 Å². The fourth-order valence-electron chi connectivity index (χ4n) is 3.96. The number of sulfonamides is 1. The summed E-state index contributed by atoms with van der Waals surface area (Å²) < 4.78 is 28.8. The van der Waals surface area contributed by atoms with Crippen LogP contribution in [0.3, 0.4) is 0 Å². The van der Waals surface area contributed by atoms with Gasteiger partial charge in [-0.05, 0) is 76.1 Å². The Kier molecular flexibility index (Phi) is 10.6. The van der Waals surface area contributed by atoms with Gasteiger partial charge in [-0.1, -0.05) is 71.6 Å². The lowest BCUT2D eigenvalue weighted by atomic mass is 10.1. The van der Waals surface area contributed by atoms with Crippen LogP contribution in [-0.2, 0) is 26.2 Å². The second-order valence-corrected chi connectivity index (χ2v) is 12.6. The number of nitrogens with one attached hydrogen (secondary N) is 1. The van der Waals surface area contributed by atoms with Crippen LogP contribution in [0.1, 0.15) is 43.9 Å². The number of anilines is 1. The highest BCUT2D eigenvalue weighted by molar-refractivity contribution is 7.92. The highest BCUT2D eigenvalue weighted by Gasteiger charge is 2.33. The molecular weight excluding hydrogens is 569 g/mol. The van der Waals surface area contributed by atoms with Gasteiger partial charge in [0.05, 0.1) is 10.6 Å². The summed E-state index contributed by atoms with van der Waals surface area (Å²) in [7, 11) is -4.13. The number of nitrogens with zero attached hydrogens (tertiary/aromatic N) is 2. The van der Waals surface area contributed by atoms with E-state index in [2.05, 4.69) is 5.32 Å². The van der Waals surface area contributed by atoms with Crippen LogP contribution >= 0.6 is 23.2 Å². The van der Waals surface area contributed by atoms with Crippen molar-refractivity contribution in [1.29, 1.82) is 0 Å². The van der Waals surface area contributed by atoms with Crippen molar-refractivity contribution in [2.24, 2.45) is 0 Å². The molecule has 0 unspecified atom stereocenters. The lowest BCUT2D eigenvalue weighted by molar-refractivity contribution is -0.139. The van der Waals surface area contributed by atoms with Crippen LogP contribution < -0.4 is 9.62 Å². The molecule has 7 nitrogen and oxygen atoms in total. The lowest BCUT2D eigenvalue weighted by Gasteiger charge is -2.32. The lowest BCUT2D eigenvalue weighted by Crippen LogP contribution is -2.52. The van der Waals surface area contributed by atoms with Crippen LogP contribution in [0, 0.1) is 13.8 Å². The normalized spacial score (nSPS) is 12.9. The summed E-state index contributed by atoms with van der Waals surface area (Å²) >= 11 is 12.5. The van der Waals surface area contributed by atoms with Crippen molar-refractivity contribution < 1.29 is 18.0 Å². The van der Waals surface area contributed by atoms with Gasteiger partial charge in [0.15, 0.2) is 0 Å². The first-order chi connectivity index (χ1) is 18.8. The molecule has 0 saturated carbocycles. The van der Waals surface area contributed by atoms with E-state index in [9.17, 15) is 18.0 Å². The van der Waals surface area contributed by atoms with Crippen molar-refractivity contribution in [1.82, 2.24) is 10.2 Å². The first-order valence-electron chi connectivity index (χ1n) is 13.0. The number of benzene rings is 3. The minimum atomic E-state index is -4.13. The molecule has 3 aromatic carbocycles. The Hall–Kier alpha value is -3.07. The molecule has 0 aromatic heterocycles. The Balaban J connectivity index is 2.04. The van der Waals surface area contributed by atoms with E-state index in [1.54, 1.807) is 61.5 Å². The zero-order valence-electron chi connectivity index (χ0n) is 23.3. The van der Waals surface area contributed by atoms with Gasteiger partial charge < -0.3 is 10.2 Å². The van der Waals surface area contributed by atoms with E-state index < -0.39 is 28.5 Å². The molecule has 2 amide bonds. The van der Waals surface area contributed by atoms with E-state index in [4.69, 9.17) is 23.2 Å². The molecule has 0 bridgehead atoms. The van der Waals surface area contributed by atoms with Crippen LogP contribution in [0.2, 0.25) is 10.0 Å². The number of halogens is 2. The Morgan fingerprint density at radius 3 is 2.02 bits per heavy atom. The minimum absolute atomic E-state index is 0.0176. The van der Waals surface area contributed by atoms with Crippen molar-refractivity contribution in [2.75, 3.05) is 10.8 Å². The standard InChI is InChI=1S/C30H35Cl2N3O4S/c1-6-22(4)33-30(37)23(5)34(18-24-11-12-25(31)17-28(24)32)29(36)19-35(26-13-7-20(2)8-14-26)40(38,39)27-15-9-21(3)10-16-27/h7-17,22-23H,6,18-19H2,1-5H3,(H,33,37)/t22-,23+/m0/s1. The monoisotopic (exact) mass is 603 g/mol. The van der Waals surface area contributed by atoms with E-state index in [-0.39, 0.29) is 23.4 Å². The molecular formula is C30H35Cl2N3O4S. The fraction of sp³-hybridized carbons (Fsp3) is 0.333. The van der Waals surface area contributed by atoms with Crippen LogP contribution in [0.25, 0.3) is 0 Å². The summed E-state index contributed by atoms with van der Waals surface area (Å²) in [5, 5.41) is 3.68. The molecule has 2 atom stereocenters. The molecule has 0 aliphatic rings. The highest BCUT2D eigenvalue weighted by atomic mass is 35.5. The van der Waals surface area contributed by atoms with Gasteiger partial charge in [-0.2, -0.15) is 0 Å². The molecule has 0 spiro atoms. The van der Waals surface area contributed by atoms with E-state index in [0.717, 1.165) is 15.4 Å². The summed E-state index contributed by atoms with van der Waals surface area (Å²) in [5.41, 5.74) is 2.76. The summed E-state index contributed by atoms with van der Waals surface area (Å²) in [4.78, 5) is 28.5. The van der Waals surface area contributed by atoms with E-state index >= 15 is 0 Å². The first-order valence-corrected chi connectivity index (χ1v) is 15.2. The molecule has 214 valence electrons. The predicted molar refractivity (Wildman–Crippen MR) is 161 cm³/mol. The zero-order valence-corrected chi connectivity index (χ0v) is 25.6. The van der Waals surface area contributed by atoms with Crippen LogP contribution in [-0.4, -0.2) is 43.8 Å². The molecule has 0 aliphatic heterocycles. The molecule has 0 radical (unpaired) electrons. The molecule has 0 heterocycles. The first kappa shape index (κ1) is 31.5. The van der Waals surface area contributed by atoms with Gasteiger partial charge in [0.2, 0.25) is 11.8 Å². The van der Waals surface area contributed by atoms with Gasteiger partial charge in [0, 0.05) is 22.6 Å². The van der Waals surface area contributed by atoms with Gasteiger partial charge in [-0.25, -0.2) is 8.42 Å². The van der Waals surface area contributed by atoms with Gasteiger partial charge in [-0.15, -0.1) is 0 Å².